The van der Waals surface area contributed by atoms with Gasteiger partial charge in [-0.25, -0.2) is 10.8 Å². The number of nitrogen functional groups attached to an aromatic ring is 1. The minimum atomic E-state index is 0.606. The van der Waals surface area contributed by atoms with E-state index in [0.29, 0.717) is 17.8 Å². The predicted molar refractivity (Wildman–Crippen MR) is 74.3 cm³/mol. The monoisotopic (exact) mass is 249 g/mol. The van der Waals surface area contributed by atoms with E-state index in [0.717, 1.165) is 12.4 Å². The Morgan fingerprint density at radius 1 is 1.39 bits per heavy atom. The molecule has 1 aromatic rings. The molecule has 2 rings (SSSR count). The highest BCUT2D eigenvalue weighted by Gasteiger charge is 2.24. The Morgan fingerprint density at radius 3 is 2.72 bits per heavy atom. The molecule has 0 spiro atoms. The number of nitrogens with two attached hydrogens (primary N) is 1. The second kappa shape index (κ2) is 6.00. The summed E-state index contributed by atoms with van der Waals surface area (Å²) in [6.45, 7) is 5.49. The van der Waals surface area contributed by atoms with Crippen LogP contribution in [0.2, 0.25) is 0 Å². The van der Waals surface area contributed by atoms with E-state index in [9.17, 15) is 0 Å². The second-order valence-corrected chi connectivity index (χ2v) is 5.39. The second-order valence-electron chi connectivity index (χ2n) is 5.39. The van der Waals surface area contributed by atoms with Gasteiger partial charge in [0.1, 0.15) is 5.82 Å². The van der Waals surface area contributed by atoms with Crippen LogP contribution in [0.3, 0.4) is 0 Å². The van der Waals surface area contributed by atoms with Crippen LogP contribution >= 0.6 is 0 Å². The van der Waals surface area contributed by atoms with Crippen LogP contribution in [0.25, 0.3) is 0 Å². The lowest BCUT2D eigenvalue weighted by Crippen LogP contribution is -2.37. The van der Waals surface area contributed by atoms with Crippen LogP contribution in [-0.4, -0.2) is 22.6 Å². The van der Waals surface area contributed by atoms with Gasteiger partial charge in [-0.2, -0.15) is 0 Å². The Labute approximate surface area is 109 Å². The summed E-state index contributed by atoms with van der Waals surface area (Å²) in [6.07, 6.45) is 8.64. The lowest BCUT2D eigenvalue weighted by molar-refractivity contribution is 0.530. The highest BCUT2D eigenvalue weighted by Crippen LogP contribution is 2.28. The van der Waals surface area contributed by atoms with E-state index in [-0.39, 0.29) is 0 Å². The molecule has 0 radical (unpaired) electrons. The topological polar surface area (TPSA) is 67.1 Å². The fraction of sp³-hybridized carbons (Fsp3) is 0.692. The summed E-state index contributed by atoms with van der Waals surface area (Å²) < 4.78 is 0. The normalized spacial score (nSPS) is 16.2. The van der Waals surface area contributed by atoms with E-state index in [1.807, 2.05) is 6.20 Å². The number of hydrogen-bond acceptors (Lipinski definition) is 5. The average molecular weight is 249 g/mol. The number of rotatable bonds is 5. The molecule has 0 amide bonds. The molecular formula is C13H23N5. The Kier molecular flexibility index (Phi) is 4.36. The van der Waals surface area contributed by atoms with Crippen LogP contribution in [0.5, 0.6) is 0 Å². The minimum absolute atomic E-state index is 0.606. The van der Waals surface area contributed by atoms with E-state index in [1.54, 1.807) is 6.20 Å². The standard InChI is InChI=1S/C13H23N5/c1-10(2)9-18(11-5-3-4-6-11)13-8-15-7-12(16-13)17-14/h7-8,10-11H,3-6,9,14H2,1-2H3,(H,16,17). The van der Waals surface area contributed by atoms with Gasteiger partial charge >= 0.3 is 0 Å². The molecule has 0 unspecified atom stereocenters. The van der Waals surface area contributed by atoms with Gasteiger partial charge in [-0.1, -0.05) is 26.7 Å². The van der Waals surface area contributed by atoms with Crippen LogP contribution in [-0.2, 0) is 0 Å². The van der Waals surface area contributed by atoms with Gasteiger partial charge < -0.3 is 10.3 Å². The third-order valence-electron chi connectivity index (χ3n) is 3.39. The van der Waals surface area contributed by atoms with E-state index < -0.39 is 0 Å². The fourth-order valence-corrected chi connectivity index (χ4v) is 2.60. The molecule has 5 nitrogen and oxygen atoms in total. The maximum absolute atomic E-state index is 5.40. The molecular weight excluding hydrogens is 226 g/mol. The molecule has 0 aliphatic heterocycles. The third-order valence-corrected chi connectivity index (χ3v) is 3.39. The van der Waals surface area contributed by atoms with Crippen molar-refractivity contribution in [3.8, 4) is 0 Å². The zero-order chi connectivity index (χ0) is 13.0. The zero-order valence-corrected chi connectivity index (χ0v) is 11.3. The largest absolute Gasteiger partial charge is 0.352 e. The maximum Gasteiger partial charge on any atom is 0.160 e. The van der Waals surface area contributed by atoms with E-state index in [4.69, 9.17) is 5.84 Å². The van der Waals surface area contributed by atoms with Gasteiger partial charge in [0.2, 0.25) is 0 Å². The SMILES string of the molecule is CC(C)CN(c1cncc(NN)n1)C1CCCC1. The third kappa shape index (κ3) is 3.10. The molecule has 3 N–H and O–H groups in total. The first kappa shape index (κ1) is 13.1. The van der Waals surface area contributed by atoms with Crippen LogP contribution in [0.4, 0.5) is 11.6 Å². The number of hydrazine groups is 1. The van der Waals surface area contributed by atoms with Crippen LogP contribution in [0, 0.1) is 5.92 Å². The molecule has 1 saturated carbocycles. The van der Waals surface area contributed by atoms with E-state index >= 15 is 0 Å². The van der Waals surface area contributed by atoms with Gasteiger partial charge in [0.25, 0.3) is 0 Å². The van der Waals surface area contributed by atoms with E-state index in [1.165, 1.54) is 25.7 Å². The Hall–Kier alpha value is -1.36. The van der Waals surface area contributed by atoms with Crippen molar-refractivity contribution in [1.29, 1.82) is 0 Å². The average Bonchev–Trinajstić information content (AvgIpc) is 2.89. The molecule has 1 aliphatic carbocycles. The number of nitrogens with zero attached hydrogens (tertiary/aromatic N) is 3. The lowest BCUT2D eigenvalue weighted by atomic mass is 10.1. The number of aromatic nitrogens is 2. The molecule has 0 aromatic carbocycles. The smallest absolute Gasteiger partial charge is 0.160 e. The molecule has 1 aliphatic rings. The van der Waals surface area contributed by atoms with Crippen LogP contribution in [0.15, 0.2) is 12.4 Å². The number of anilines is 2. The van der Waals surface area contributed by atoms with Crippen molar-refractivity contribution in [3.63, 3.8) is 0 Å². The Bertz CT molecular complexity index is 373. The van der Waals surface area contributed by atoms with Crippen molar-refractivity contribution in [1.82, 2.24) is 9.97 Å². The number of nitrogens with one attached hydrogen (secondary N) is 1. The fourth-order valence-electron chi connectivity index (χ4n) is 2.60. The van der Waals surface area contributed by atoms with Gasteiger partial charge in [0, 0.05) is 12.6 Å². The molecule has 18 heavy (non-hydrogen) atoms. The molecule has 1 aromatic heterocycles. The molecule has 0 atom stereocenters. The summed E-state index contributed by atoms with van der Waals surface area (Å²) in [6, 6.07) is 0.606. The molecule has 1 heterocycles. The van der Waals surface area contributed by atoms with Gasteiger partial charge in [-0.15, -0.1) is 0 Å². The summed E-state index contributed by atoms with van der Waals surface area (Å²) in [5, 5.41) is 0. The maximum atomic E-state index is 5.40. The van der Waals surface area contributed by atoms with E-state index in [2.05, 4.69) is 34.1 Å². The van der Waals surface area contributed by atoms with Crippen LogP contribution in [0.1, 0.15) is 39.5 Å². The van der Waals surface area contributed by atoms with Crippen molar-refractivity contribution in [2.24, 2.45) is 11.8 Å². The minimum Gasteiger partial charge on any atom is -0.352 e. The first-order valence-electron chi connectivity index (χ1n) is 6.76. The van der Waals surface area contributed by atoms with Crippen molar-refractivity contribution in [3.05, 3.63) is 12.4 Å². The molecule has 5 heteroatoms. The Balaban J connectivity index is 2.20. The van der Waals surface area contributed by atoms with Gasteiger partial charge in [-0.05, 0) is 18.8 Å². The van der Waals surface area contributed by atoms with Crippen molar-refractivity contribution in [2.45, 2.75) is 45.6 Å². The number of hydrogen-bond donors (Lipinski definition) is 2. The summed E-state index contributed by atoms with van der Waals surface area (Å²) in [7, 11) is 0. The summed E-state index contributed by atoms with van der Waals surface area (Å²) >= 11 is 0. The summed E-state index contributed by atoms with van der Waals surface area (Å²) in [5.74, 6) is 7.58. The predicted octanol–water partition coefficient (Wildman–Crippen LogP) is 2.17. The summed E-state index contributed by atoms with van der Waals surface area (Å²) in [4.78, 5) is 11.1. The Morgan fingerprint density at radius 2 is 2.11 bits per heavy atom. The highest BCUT2D eigenvalue weighted by atomic mass is 15.3. The lowest BCUT2D eigenvalue weighted by Gasteiger charge is -2.31. The molecule has 0 bridgehead atoms. The van der Waals surface area contributed by atoms with Crippen molar-refractivity contribution in [2.75, 3.05) is 16.9 Å². The highest BCUT2D eigenvalue weighted by molar-refractivity contribution is 5.44. The van der Waals surface area contributed by atoms with Gasteiger partial charge in [0.05, 0.1) is 12.4 Å². The first-order chi connectivity index (χ1) is 8.70. The molecule has 100 valence electrons. The zero-order valence-electron chi connectivity index (χ0n) is 11.3. The molecule has 1 fully saturated rings. The first-order valence-corrected chi connectivity index (χ1v) is 6.76. The van der Waals surface area contributed by atoms with Crippen LogP contribution < -0.4 is 16.2 Å². The van der Waals surface area contributed by atoms with Gasteiger partial charge in [-0.3, -0.25) is 4.98 Å². The summed E-state index contributed by atoms with van der Waals surface area (Å²) in [5.41, 5.74) is 2.57. The quantitative estimate of drug-likeness (QED) is 0.618. The van der Waals surface area contributed by atoms with Crippen molar-refractivity contribution >= 4 is 11.6 Å². The van der Waals surface area contributed by atoms with Gasteiger partial charge in [0.15, 0.2) is 5.82 Å². The molecule has 0 saturated heterocycles. The van der Waals surface area contributed by atoms with Crippen molar-refractivity contribution < 1.29 is 0 Å².